The molecule has 5 rings (SSSR count). The summed E-state index contributed by atoms with van der Waals surface area (Å²) in [5.74, 6) is 3.49. The van der Waals surface area contributed by atoms with Gasteiger partial charge < -0.3 is 15.3 Å². The number of nitrogen functional groups attached to an aromatic ring is 1. The largest absolute Gasteiger partial charge is 0.477 e. The fourth-order valence-electron chi connectivity index (χ4n) is 5.15. The highest BCUT2D eigenvalue weighted by atomic mass is 16.4. The molecule has 4 fully saturated rings. The molecule has 4 saturated carbocycles. The Morgan fingerprint density at radius 3 is 2.21 bits per heavy atom. The first-order valence-electron chi connectivity index (χ1n) is 7.24. The van der Waals surface area contributed by atoms with Crippen molar-refractivity contribution in [3.8, 4) is 0 Å². The van der Waals surface area contributed by atoms with E-state index >= 15 is 0 Å². The van der Waals surface area contributed by atoms with Gasteiger partial charge >= 0.3 is 5.97 Å². The van der Waals surface area contributed by atoms with E-state index in [1.54, 1.807) is 6.07 Å². The van der Waals surface area contributed by atoms with Crippen LogP contribution in [0.1, 0.15) is 54.1 Å². The first-order chi connectivity index (χ1) is 9.11. The van der Waals surface area contributed by atoms with Crippen molar-refractivity contribution in [2.24, 2.45) is 23.7 Å². The number of aromatic carboxylic acids is 1. The minimum Gasteiger partial charge on any atom is -0.477 e. The summed E-state index contributed by atoms with van der Waals surface area (Å²) in [4.78, 5) is 11.1. The molecule has 4 bridgehead atoms. The molecule has 102 valence electrons. The molecule has 4 aliphatic carbocycles. The molecule has 1 aromatic heterocycles. The zero-order valence-corrected chi connectivity index (χ0v) is 10.8. The zero-order valence-electron chi connectivity index (χ0n) is 10.8. The fraction of sp³-hybridized carbons (Fsp3) is 0.667. The van der Waals surface area contributed by atoms with Crippen LogP contribution in [0.25, 0.3) is 0 Å². The maximum Gasteiger partial charge on any atom is 0.341 e. The van der Waals surface area contributed by atoms with E-state index in [1.807, 2.05) is 0 Å². The summed E-state index contributed by atoms with van der Waals surface area (Å²) in [7, 11) is 0. The topological polar surface area (TPSA) is 76.5 Å². The molecule has 0 aliphatic heterocycles. The van der Waals surface area contributed by atoms with Gasteiger partial charge in [-0.05, 0) is 61.8 Å². The molecule has 4 heteroatoms. The first kappa shape index (κ1) is 11.4. The minimum atomic E-state index is -0.990. The number of nitrogens with two attached hydrogens (primary N) is 1. The van der Waals surface area contributed by atoms with Crippen LogP contribution < -0.4 is 5.73 Å². The van der Waals surface area contributed by atoms with E-state index in [-0.39, 0.29) is 11.4 Å². The predicted octanol–water partition coefficient (Wildman–Crippen LogP) is 3.10. The van der Waals surface area contributed by atoms with E-state index in [0.717, 1.165) is 17.6 Å². The second kappa shape index (κ2) is 3.78. The third-order valence-corrected chi connectivity index (χ3v) is 5.57. The predicted molar refractivity (Wildman–Crippen MR) is 69.9 cm³/mol. The summed E-state index contributed by atoms with van der Waals surface area (Å²) >= 11 is 0. The summed E-state index contributed by atoms with van der Waals surface area (Å²) in [6, 6.07) is 1.67. The second-order valence-electron chi connectivity index (χ2n) is 6.69. The SMILES string of the molecule is Nc1oc(C2C3CC4CC(C3)CC2C4)cc1C(=O)O. The van der Waals surface area contributed by atoms with Gasteiger partial charge in [-0.3, -0.25) is 0 Å². The number of carbonyl (C=O) groups is 1. The van der Waals surface area contributed by atoms with Crippen molar-refractivity contribution < 1.29 is 14.3 Å². The van der Waals surface area contributed by atoms with Gasteiger partial charge in [-0.2, -0.15) is 0 Å². The van der Waals surface area contributed by atoms with Gasteiger partial charge in [-0.1, -0.05) is 0 Å². The van der Waals surface area contributed by atoms with Crippen LogP contribution in [-0.4, -0.2) is 11.1 Å². The Hall–Kier alpha value is -1.45. The van der Waals surface area contributed by atoms with E-state index in [4.69, 9.17) is 15.3 Å². The van der Waals surface area contributed by atoms with Crippen LogP contribution in [-0.2, 0) is 0 Å². The summed E-state index contributed by atoms with van der Waals surface area (Å²) < 4.78 is 5.60. The summed E-state index contributed by atoms with van der Waals surface area (Å²) in [6.07, 6.45) is 6.59. The lowest BCUT2D eigenvalue weighted by Crippen LogP contribution is -2.43. The molecule has 0 atom stereocenters. The molecule has 4 nitrogen and oxygen atoms in total. The van der Waals surface area contributed by atoms with Crippen LogP contribution in [0.3, 0.4) is 0 Å². The molecule has 0 amide bonds. The molecule has 0 spiro atoms. The number of rotatable bonds is 2. The third kappa shape index (κ3) is 1.62. The smallest absolute Gasteiger partial charge is 0.341 e. The number of hydrogen-bond acceptors (Lipinski definition) is 3. The molecule has 0 unspecified atom stereocenters. The van der Waals surface area contributed by atoms with E-state index in [0.29, 0.717) is 17.8 Å². The number of anilines is 1. The Morgan fingerprint density at radius 1 is 1.16 bits per heavy atom. The third-order valence-electron chi connectivity index (χ3n) is 5.57. The van der Waals surface area contributed by atoms with Gasteiger partial charge in [-0.15, -0.1) is 0 Å². The lowest BCUT2D eigenvalue weighted by atomic mass is 9.51. The summed E-state index contributed by atoms with van der Waals surface area (Å²) in [5, 5.41) is 9.09. The van der Waals surface area contributed by atoms with Crippen LogP contribution >= 0.6 is 0 Å². The lowest BCUT2D eigenvalue weighted by molar-refractivity contribution is -0.00937. The van der Waals surface area contributed by atoms with Crippen molar-refractivity contribution in [3.05, 3.63) is 17.4 Å². The Labute approximate surface area is 112 Å². The van der Waals surface area contributed by atoms with Gasteiger partial charge in [-0.25, -0.2) is 4.79 Å². The van der Waals surface area contributed by atoms with Crippen LogP contribution in [0, 0.1) is 23.7 Å². The first-order valence-corrected chi connectivity index (χ1v) is 7.24. The number of hydrogen-bond donors (Lipinski definition) is 2. The maximum atomic E-state index is 11.1. The number of carboxylic acids is 1. The zero-order chi connectivity index (χ0) is 13.1. The van der Waals surface area contributed by atoms with Crippen molar-refractivity contribution in [2.45, 2.75) is 38.0 Å². The van der Waals surface area contributed by atoms with Gasteiger partial charge in [0.25, 0.3) is 0 Å². The van der Waals surface area contributed by atoms with Crippen molar-refractivity contribution in [2.75, 3.05) is 5.73 Å². The average molecular weight is 261 g/mol. The van der Waals surface area contributed by atoms with Crippen molar-refractivity contribution in [1.82, 2.24) is 0 Å². The Kier molecular flexibility index (Phi) is 2.26. The minimum absolute atomic E-state index is 0.0660. The Morgan fingerprint density at radius 2 is 1.74 bits per heavy atom. The second-order valence-corrected chi connectivity index (χ2v) is 6.69. The average Bonchev–Trinajstić information content (AvgIpc) is 2.69. The maximum absolute atomic E-state index is 11.1. The molecule has 0 aromatic carbocycles. The van der Waals surface area contributed by atoms with Crippen molar-refractivity contribution >= 4 is 11.9 Å². The highest BCUT2D eigenvalue weighted by molar-refractivity contribution is 5.92. The Bertz CT molecular complexity index is 505. The molecule has 0 radical (unpaired) electrons. The van der Waals surface area contributed by atoms with E-state index in [1.165, 1.54) is 32.1 Å². The van der Waals surface area contributed by atoms with Crippen LogP contribution in [0.2, 0.25) is 0 Å². The molecule has 4 aliphatic rings. The molecule has 0 saturated heterocycles. The highest BCUT2D eigenvalue weighted by Crippen LogP contribution is 2.60. The van der Waals surface area contributed by atoms with Gasteiger partial charge in [0.2, 0.25) is 5.88 Å². The number of carboxylic acid groups (broad SMARTS) is 1. The fourth-order valence-corrected chi connectivity index (χ4v) is 5.15. The van der Waals surface area contributed by atoms with Crippen LogP contribution in [0.15, 0.2) is 10.5 Å². The lowest BCUT2D eigenvalue weighted by Gasteiger charge is -2.53. The van der Waals surface area contributed by atoms with Gasteiger partial charge in [0.1, 0.15) is 11.3 Å². The highest BCUT2D eigenvalue weighted by Gasteiger charge is 2.49. The van der Waals surface area contributed by atoms with E-state index < -0.39 is 5.97 Å². The van der Waals surface area contributed by atoms with E-state index in [9.17, 15) is 4.79 Å². The van der Waals surface area contributed by atoms with Gasteiger partial charge in [0, 0.05) is 5.92 Å². The summed E-state index contributed by atoms with van der Waals surface area (Å²) in [6.45, 7) is 0. The monoisotopic (exact) mass is 261 g/mol. The van der Waals surface area contributed by atoms with Crippen molar-refractivity contribution in [3.63, 3.8) is 0 Å². The summed E-state index contributed by atoms with van der Waals surface area (Å²) in [5.41, 5.74) is 5.82. The van der Waals surface area contributed by atoms with Crippen LogP contribution in [0.5, 0.6) is 0 Å². The molecular weight excluding hydrogens is 242 g/mol. The van der Waals surface area contributed by atoms with Crippen LogP contribution in [0.4, 0.5) is 5.88 Å². The van der Waals surface area contributed by atoms with Gasteiger partial charge in [0.05, 0.1) is 0 Å². The Balaban J connectivity index is 1.69. The molecule has 1 aromatic rings. The quantitative estimate of drug-likeness (QED) is 0.857. The molecule has 3 N–H and O–H groups in total. The molecular formula is C15H19NO3. The normalized spacial score (nSPS) is 39.7. The number of furan rings is 1. The van der Waals surface area contributed by atoms with Gasteiger partial charge in [0.15, 0.2) is 0 Å². The standard InChI is InChI=1S/C15H19NO3/c16-14-11(15(17)18)6-12(19-14)13-9-2-7-1-8(4-9)5-10(13)3-7/h6-10,13H,1-5,16H2,(H,17,18). The van der Waals surface area contributed by atoms with Crippen molar-refractivity contribution in [1.29, 1.82) is 0 Å². The molecule has 19 heavy (non-hydrogen) atoms. The van der Waals surface area contributed by atoms with E-state index in [2.05, 4.69) is 0 Å². The molecule has 1 heterocycles.